The molecule has 2 aromatic carbocycles. The summed E-state index contributed by atoms with van der Waals surface area (Å²) in [4.78, 5) is 54.2. The molecule has 2 aromatic rings. The van der Waals surface area contributed by atoms with Gasteiger partial charge in [0.15, 0.2) is 0 Å². The van der Waals surface area contributed by atoms with Crippen molar-refractivity contribution in [2.24, 2.45) is 23.7 Å². The molecule has 2 aliphatic heterocycles. The standard InChI is InChI=1S/C27H25ClN2O5/c1-15-4-3-5-21-24(15)26(33)30(25(21)32)22-11-10-20(12-16(22)2)35-27(34)17-13-23(31)29(14-17)19-8-6-18(28)7-9-19/h3-4,6-12,15,17,21,24H,5,13-14H2,1-2H3/t15-,17-,21-,24-/m1/s1. The Kier molecular flexibility index (Phi) is 5.97. The summed E-state index contributed by atoms with van der Waals surface area (Å²) in [5.74, 6) is -1.98. The largest absolute Gasteiger partial charge is 0.426 e. The number of allylic oxidation sites excluding steroid dienone is 2. The summed E-state index contributed by atoms with van der Waals surface area (Å²) in [5.41, 5.74) is 1.84. The first-order valence-electron chi connectivity index (χ1n) is 11.7. The Bertz CT molecular complexity index is 1250. The van der Waals surface area contributed by atoms with Crippen LogP contribution in [0.2, 0.25) is 5.02 Å². The first-order chi connectivity index (χ1) is 16.7. The molecule has 3 amide bonds. The zero-order valence-corrected chi connectivity index (χ0v) is 20.2. The van der Waals surface area contributed by atoms with Gasteiger partial charge >= 0.3 is 5.97 Å². The van der Waals surface area contributed by atoms with Crippen molar-refractivity contribution in [3.05, 3.63) is 65.2 Å². The lowest BCUT2D eigenvalue weighted by Crippen LogP contribution is -2.32. The van der Waals surface area contributed by atoms with Crippen LogP contribution in [0.15, 0.2) is 54.6 Å². The normalized spacial score (nSPS) is 25.9. The van der Waals surface area contributed by atoms with Crippen LogP contribution >= 0.6 is 11.6 Å². The highest BCUT2D eigenvalue weighted by Gasteiger charge is 2.50. The van der Waals surface area contributed by atoms with Crippen molar-refractivity contribution in [1.29, 1.82) is 0 Å². The van der Waals surface area contributed by atoms with Gasteiger partial charge < -0.3 is 9.64 Å². The van der Waals surface area contributed by atoms with E-state index in [1.165, 1.54) is 4.90 Å². The quantitative estimate of drug-likeness (QED) is 0.275. The van der Waals surface area contributed by atoms with E-state index in [9.17, 15) is 19.2 Å². The zero-order chi connectivity index (χ0) is 24.9. The molecule has 8 heteroatoms. The second-order valence-electron chi connectivity index (χ2n) is 9.42. The van der Waals surface area contributed by atoms with Crippen LogP contribution in [-0.4, -0.2) is 30.2 Å². The van der Waals surface area contributed by atoms with E-state index in [1.807, 2.05) is 19.1 Å². The summed E-state index contributed by atoms with van der Waals surface area (Å²) in [7, 11) is 0. The van der Waals surface area contributed by atoms with Crippen LogP contribution in [0, 0.1) is 30.6 Å². The maximum atomic E-state index is 13.1. The van der Waals surface area contributed by atoms with Gasteiger partial charge in [0.05, 0.1) is 23.4 Å². The Morgan fingerprint density at radius 3 is 2.49 bits per heavy atom. The fourth-order valence-electron chi connectivity index (χ4n) is 5.26. The van der Waals surface area contributed by atoms with Crippen molar-refractivity contribution < 1.29 is 23.9 Å². The molecule has 5 rings (SSSR count). The molecular weight excluding hydrogens is 468 g/mol. The molecular formula is C27H25ClN2O5. The van der Waals surface area contributed by atoms with E-state index in [4.69, 9.17) is 16.3 Å². The SMILES string of the molecule is Cc1cc(OC(=O)[C@@H]2CC(=O)N(c3ccc(Cl)cc3)C2)ccc1N1C(=O)[C@@H]2[C@H](C)C=CC[C@H]2C1=O. The van der Waals surface area contributed by atoms with E-state index in [1.54, 1.807) is 54.3 Å². The molecule has 0 aromatic heterocycles. The van der Waals surface area contributed by atoms with Gasteiger partial charge in [-0.2, -0.15) is 0 Å². The number of aryl methyl sites for hydroxylation is 1. The van der Waals surface area contributed by atoms with E-state index < -0.39 is 11.9 Å². The maximum absolute atomic E-state index is 13.1. The molecule has 4 atom stereocenters. The number of imide groups is 1. The van der Waals surface area contributed by atoms with Crippen LogP contribution in [0.5, 0.6) is 5.75 Å². The summed E-state index contributed by atoms with van der Waals surface area (Å²) in [6.45, 7) is 3.96. The summed E-state index contributed by atoms with van der Waals surface area (Å²) in [5, 5.41) is 0.567. The molecule has 0 N–H and O–H groups in total. The van der Waals surface area contributed by atoms with Gasteiger partial charge in [0, 0.05) is 23.7 Å². The first-order valence-corrected chi connectivity index (χ1v) is 12.0. The van der Waals surface area contributed by atoms with Gasteiger partial charge in [0.2, 0.25) is 17.7 Å². The summed E-state index contributed by atoms with van der Waals surface area (Å²) < 4.78 is 5.58. The van der Waals surface area contributed by atoms with Crippen molar-refractivity contribution in [3.8, 4) is 5.75 Å². The Morgan fingerprint density at radius 2 is 1.80 bits per heavy atom. The lowest BCUT2D eigenvalue weighted by molar-refractivity contribution is -0.139. The minimum atomic E-state index is -0.600. The van der Waals surface area contributed by atoms with Crippen LogP contribution in [0.3, 0.4) is 0 Å². The third kappa shape index (κ3) is 4.14. The van der Waals surface area contributed by atoms with Crippen molar-refractivity contribution in [2.45, 2.75) is 26.7 Å². The topological polar surface area (TPSA) is 84.0 Å². The van der Waals surface area contributed by atoms with E-state index in [-0.39, 0.29) is 48.4 Å². The molecule has 35 heavy (non-hydrogen) atoms. The molecule has 0 spiro atoms. The molecule has 7 nitrogen and oxygen atoms in total. The smallest absolute Gasteiger partial charge is 0.316 e. The summed E-state index contributed by atoms with van der Waals surface area (Å²) in [6.07, 6.45) is 4.59. The number of carbonyl (C=O) groups excluding carboxylic acids is 4. The van der Waals surface area contributed by atoms with Gasteiger partial charge in [-0.1, -0.05) is 30.7 Å². The van der Waals surface area contributed by atoms with Crippen LogP contribution < -0.4 is 14.5 Å². The fourth-order valence-corrected chi connectivity index (χ4v) is 5.39. The minimum Gasteiger partial charge on any atom is -0.426 e. The second kappa shape index (κ2) is 8.96. The number of ether oxygens (including phenoxy) is 1. The third-order valence-electron chi connectivity index (χ3n) is 7.10. The number of anilines is 2. The predicted molar refractivity (Wildman–Crippen MR) is 131 cm³/mol. The zero-order valence-electron chi connectivity index (χ0n) is 19.4. The molecule has 3 aliphatic rings. The number of benzene rings is 2. The van der Waals surface area contributed by atoms with Crippen molar-refractivity contribution in [1.82, 2.24) is 0 Å². The monoisotopic (exact) mass is 492 g/mol. The van der Waals surface area contributed by atoms with Crippen molar-refractivity contribution in [3.63, 3.8) is 0 Å². The average Bonchev–Trinajstić information content (AvgIpc) is 3.33. The van der Waals surface area contributed by atoms with Crippen LogP contribution in [-0.2, 0) is 19.2 Å². The third-order valence-corrected chi connectivity index (χ3v) is 7.35. The Morgan fingerprint density at radius 1 is 1.06 bits per heavy atom. The van der Waals surface area contributed by atoms with E-state index in [0.29, 0.717) is 34.1 Å². The van der Waals surface area contributed by atoms with Crippen LogP contribution in [0.4, 0.5) is 11.4 Å². The molecule has 1 aliphatic carbocycles. The maximum Gasteiger partial charge on any atom is 0.316 e. The molecule has 2 saturated heterocycles. The lowest BCUT2D eigenvalue weighted by Gasteiger charge is -2.22. The highest BCUT2D eigenvalue weighted by Crippen LogP contribution is 2.41. The Hall–Kier alpha value is -3.45. The van der Waals surface area contributed by atoms with Gasteiger partial charge in [0.25, 0.3) is 0 Å². The number of fused-ring (bicyclic) bond motifs is 1. The highest BCUT2D eigenvalue weighted by molar-refractivity contribution is 6.30. The van der Waals surface area contributed by atoms with E-state index >= 15 is 0 Å². The molecule has 0 radical (unpaired) electrons. The van der Waals surface area contributed by atoms with Gasteiger partial charge in [-0.15, -0.1) is 0 Å². The first kappa shape index (κ1) is 23.3. The number of carbonyl (C=O) groups is 4. The second-order valence-corrected chi connectivity index (χ2v) is 9.85. The number of hydrogen-bond donors (Lipinski definition) is 0. The Balaban J connectivity index is 1.28. The molecule has 0 bridgehead atoms. The Labute approximate surface area is 208 Å². The van der Waals surface area contributed by atoms with Crippen molar-refractivity contribution in [2.75, 3.05) is 16.3 Å². The fraction of sp³-hybridized carbons (Fsp3) is 0.333. The predicted octanol–water partition coefficient (Wildman–Crippen LogP) is 4.31. The lowest BCUT2D eigenvalue weighted by atomic mass is 9.78. The number of amides is 3. The number of esters is 1. The molecule has 180 valence electrons. The van der Waals surface area contributed by atoms with Gasteiger partial charge in [-0.05, 0) is 67.3 Å². The number of rotatable bonds is 4. The minimum absolute atomic E-state index is 0.0114. The van der Waals surface area contributed by atoms with Crippen molar-refractivity contribution >= 4 is 46.7 Å². The molecule has 0 unspecified atom stereocenters. The van der Waals surface area contributed by atoms with E-state index in [0.717, 1.165) is 0 Å². The summed E-state index contributed by atoms with van der Waals surface area (Å²) >= 11 is 5.92. The van der Waals surface area contributed by atoms with Gasteiger partial charge in [-0.3, -0.25) is 19.2 Å². The average molecular weight is 493 g/mol. The number of halogens is 1. The molecule has 2 heterocycles. The highest BCUT2D eigenvalue weighted by atomic mass is 35.5. The number of nitrogens with zero attached hydrogens (tertiary/aromatic N) is 2. The van der Waals surface area contributed by atoms with E-state index in [2.05, 4.69) is 0 Å². The number of hydrogen-bond acceptors (Lipinski definition) is 5. The van der Waals surface area contributed by atoms with Crippen LogP contribution in [0.25, 0.3) is 0 Å². The van der Waals surface area contributed by atoms with Gasteiger partial charge in [-0.25, -0.2) is 4.90 Å². The van der Waals surface area contributed by atoms with Crippen LogP contribution in [0.1, 0.15) is 25.3 Å². The van der Waals surface area contributed by atoms with Gasteiger partial charge in [0.1, 0.15) is 5.75 Å². The summed E-state index contributed by atoms with van der Waals surface area (Å²) in [6, 6.07) is 11.7. The molecule has 2 fully saturated rings. The molecule has 0 saturated carbocycles.